The fourth-order valence-corrected chi connectivity index (χ4v) is 3.50. The zero-order chi connectivity index (χ0) is 15.4. The van der Waals surface area contributed by atoms with Gasteiger partial charge < -0.3 is 5.11 Å². The van der Waals surface area contributed by atoms with Crippen LogP contribution < -0.4 is 0 Å². The number of benzene rings is 2. The van der Waals surface area contributed by atoms with Crippen molar-refractivity contribution in [3.05, 3.63) is 70.8 Å². The summed E-state index contributed by atoms with van der Waals surface area (Å²) in [6.07, 6.45) is 5.44. The van der Waals surface area contributed by atoms with Gasteiger partial charge in [-0.15, -0.1) is 0 Å². The van der Waals surface area contributed by atoms with Gasteiger partial charge in [0.05, 0.1) is 0 Å². The average molecular weight is 294 g/mol. The Morgan fingerprint density at radius 1 is 1.00 bits per heavy atom. The van der Waals surface area contributed by atoms with Crippen molar-refractivity contribution >= 4 is 5.97 Å². The van der Waals surface area contributed by atoms with Crippen LogP contribution in [0.25, 0.3) is 0 Å². The molecule has 0 amide bonds. The summed E-state index contributed by atoms with van der Waals surface area (Å²) in [6, 6.07) is 17.1. The molecular formula is C20H22O2. The molecule has 0 aliphatic heterocycles. The van der Waals surface area contributed by atoms with E-state index in [-0.39, 0.29) is 6.42 Å². The van der Waals surface area contributed by atoms with E-state index in [9.17, 15) is 4.79 Å². The maximum Gasteiger partial charge on any atom is 0.303 e. The smallest absolute Gasteiger partial charge is 0.303 e. The Morgan fingerprint density at radius 3 is 2.45 bits per heavy atom. The summed E-state index contributed by atoms with van der Waals surface area (Å²) in [7, 11) is 0. The SMILES string of the molecule is O=C(O)CCc1ccccc1CC1CCc2ccccc2C1. The van der Waals surface area contributed by atoms with Crippen molar-refractivity contribution < 1.29 is 9.90 Å². The highest BCUT2D eigenvalue weighted by Crippen LogP contribution is 2.28. The maximum absolute atomic E-state index is 10.8. The highest BCUT2D eigenvalue weighted by Gasteiger charge is 2.19. The number of hydrogen-bond donors (Lipinski definition) is 1. The molecule has 0 radical (unpaired) electrons. The molecule has 0 fully saturated rings. The third-order valence-electron chi connectivity index (χ3n) is 4.68. The van der Waals surface area contributed by atoms with Crippen LogP contribution in [0.1, 0.15) is 35.1 Å². The van der Waals surface area contributed by atoms with E-state index in [1.807, 2.05) is 6.07 Å². The summed E-state index contributed by atoms with van der Waals surface area (Å²) in [5.41, 5.74) is 5.51. The molecule has 0 bridgehead atoms. The summed E-state index contributed by atoms with van der Waals surface area (Å²) in [5.74, 6) is -0.0534. The van der Waals surface area contributed by atoms with E-state index in [1.54, 1.807) is 0 Å². The summed E-state index contributed by atoms with van der Waals surface area (Å²) < 4.78 is 0. The molecule has 0 aromatic heterocycles. The van der Waals surface area contributed by atoms with Crippen LogP contribution in [0.3, 0.4) is 0 Å². The van der Waals surface area contributed by atoms with Crippen LogP contribution in [0.2, 0.25) is 0 Å². The molecule has 1 N–H and O–H groups in total. The van der Waals surface area contributed by atoms with Gasteiger partial charge in [-0.2, -0.15) is 0 Å². The molecule has 3 rings (SSSR count). The van der Waals surface area contributed by atoms with E-state index >= 15 is 0 Å². The maximum atomic E-state index is 10.8. The van der Waals surface area contributed by atoms with Gasteiger partial charge in [0.25, 0.3) is 0 Å². The summed E-state index contributed by atoms with van der Waals surface area (Å²) in [4.78, 5) is 10.8. The molecule has 1 aliphatic carbocycles. The summed E-state index contributed by atoms with van der Waals surface area (Å²) in [5, 5.41) is 8.90. The fraction of sp³-hybridized carbons (Fsp3) is 0.350. The van der Waals surface area contributed by atoms with Gasteiger partial charge >= 0.3 is 5.97 Å². The highest BCUT2D eigenvalue weighted by atomic mass is 16.4. The van der Waals surface area contributed by atoms with Gasteiger partial charge in [-0.1, -0.05) is 48.5 Å². The third kappa shape index (κ3) is 3.56. The minimum absolute atomic E-state index is 0.213. The summed E-state index contributed by atoms with van der Waals surface area (Å²) in [6.45, 7) is 0. The Labute approximate surface area is 131 Å². The minimum atomic E-state index is -0.721. The van der Waals surface area contributed by atoms with Gasteiger partial charge in [-0.05, 0) is 60.3 Å². The van der Waals surface area contributed by atoms with Gasteiger partial charge in [0.2, 0.25) is 0 Å². The van der Waals surface area contributed by atoms with Gasteiger partial charge in [0.1, 0.15) is 0 Å². The zero-order valence-electron chi connectivity index (χ0n) is 12.8. The first kappa shape index (κ1) is 14.8. The number of carboxylic acid groups (broad SMARTS) is 1. The fourth-order valence-electron chi connectivity index (χ4n) is 3.50. The topological polar surface area (TPSA) is 37.3 Å². The van der Waals surface area contributed by atoms with E-state index in [0.29, 0.717) is 12.3 Å². The lowest BCUT2D eigenvalue weighted by Gasteiger charge is -2.25. The Bertz CT molecular complexity index is 660. The van der Waals surface area contributed by atoms with Gasteiger partial charge in [0.15, 0.2) is 0 Å². The second-order valence-electron chi connectivity index (χ2n) is 6.24. The molecule has 1 aliphatic rings. The molecule has 2 nitrogen and oxygen atoms in total. The zero-order valence-corrected chi connectivity index (χ0v) is 12.8. The van der Waals surface area contributed by atoms with Gasteiger partial charge in [0, 0.05) is 6.42 Å². The first-order valence-electron chi connectivity index (χ1n) is 8.07. The molecule has 1 unspecified atom stereocenters. The predicted octanol–water partition coefficient (Wildman–Crippen LogP) is 4.05. The Balaban J connectivity index is 1.70. The van der Waals surface area contributed by atoms with Crippen molar-refractivity contribution in [1.29, 1.82) is 0 Å². The molecule has 0 spiro atoms. The second kappa shape index (κ2) is 6.78. The van der Waals surface area contributed by atoms with Crippen molar-refractivity contribution in [2.24, 2.45) is 5.92 Å². The molecule has 1 atom stereocenters. The van der Waals surface area contributed by atoms with Crippen LogP contribution in [-0.4, -0.2) is 11.1 Å². The number of aliphatic carboxylic acids is 1. The number of aryl methyl sites for hydroxylation is 2. The third-order valence-corrected chi connectivity index (χ3v) is 4.68. The lowest BCUT2D eigenvalue weighted by Crippen LogP contribution is -2.17. The van der Waals surface area contributed by atoms with Crippen molar-refractivity contribution in [1.82, 2.24) is 0 Å². The normalized spacial score (nSPS) is 17.0. The van der Waals surface area contributed by atoms with Crippen LogP contribution in [0.5, 0.6) is 0 Å². The number of fused-ring (bicyclic) bond motifs is 1. The average Bonchev–Trinajstić information content (AvgIpc) is 2.54. The Morgan fingerprint density at radius 2 is 1.68 bits per heavy atom. The lowest BCUT2D eigenvalue weighted by molar-refractivity contribution is -0.136. The number of carboxylic acids is 1. The van der Waals surface area contributed by atoms with Crippen LogP contribution in [0.4, 0.5) is 0 Å². The van der Waals surface area contributed by atoms with Gasteiger partial charge in [-0.25, -0.2) is 0 Å². The molecule has 2 aromatic carbocycles. The molecule has 0 saturated heterocycles. The van der Waals surface area contributed by atoms with Crippen LogP contribution in [0.15, 0.2) is 48.5 Å². The molecule has 0 saturated carbocycles. The first-order valence-corrected chi connectivity index (χ1v) is 8.07. The lowest BCUT2D eigenvalue weighted by atomic mass is 9.80. The first-order chi connectivity index (χ1) is 10.7. The summed E-state index contributed by atoms with van der Waals surface area (Å²) >= 11 is 0. The highest BCUT2D eigenvalue weighted by molar-refractivity contribution is 5.67. The molecule has 0 heterocycles. The van der Waals surface area contributed by atoms with E-state index < -0.39 is 5.97 Å². The molecular weight excluding hydrogens is 272 g/mol. The largest absolute Gasteiger partial charge is 0.481 e. The van der Waals surface area contributed by atoms with E-state index in [1.165, 1.54) is 28.7 Å². The Kier molecular flexibility index (Phi) is 4.57. The predicted molar refractivity (Wildman–Crippen MR) is 88.1 cm³/mol. The number of carbonyl (C=O) groups is 1. The van der Waals surface area contributed by atoms with E-state index in [4.69, 9.17) is 5.11 Å². The van der Waals surface area contributed by atoms with Crippen LogP contribution in [-0.2, 0) is 30.5 Å². The van der Waals surface area contributed by atoms with Crippen LogP contribution in [0, 0.1) is 5.92 Å². The van der Waals surface area contributed by atoms with E-state index in [2.05, 4.69) is 42.5 Å². The molecule has 2 aromatic rings. The van der Waals surface area contributed by atoms with Crippen molar-refractivity contribution in [3.63, 3.8) is 0 Å². The minimum Gasteiger partial charge on any atom is -0.481 e. The Hall–Kier alpha value is -2.09. The standard InChI is InChI=1S/C20H22O2/c21-20(22)12-11-17-6-2-4-8-19(17)14-15-9-10-16-5-1-3-7-18(16)13-15/h1-8,15H,9-14H2,(H,21,22). The van der Waals surface area contributed by atoms with Crippen molar-refractivity contribution in [3.8, 4) is 0 Å². The van der Waals surface area contributed by atoms with Gasteiger partial charge in [-0.3, -0.25) is 4.79 Å². The van der Waals surface area contributed by atoms with E-state index in [0.717, 1.165) is 19.3 Å². The van der Waals surface area contributed by atoms with Crippen molar-refractivity contribution in [2.75, 3.05) is 0 Å². The van der Waals surface area contributed by atoms with Crippen molar-refractivity contribution in [2.45, 2.75) is 38.5 Å². The second-order valence-corrected chi connectivity index (χ2v) is 6.24. The quantitative estimate of drug-likeness (QED) is 0.903. The molecule has 114 valence electrons. The molecule has 22 heavy (non-hydrogen) atoms. The molecule has 2 heteroatoms. The number of hydrogen-bond acceptors (Lipinski definition) is 1. The van der Waals surface area contributed by atoms with Crippen LogP contribution >= 0.6 is 0 Å². The number of rotatable bonds is 5. The monoisotopic (exact) mass is 294 g/mol.